The van der Waals surface area contributed by atoms with Crippen molar-refractivity contribution >= 4 is 49.9 Å². The van der Waals surface area contributed by atoms with Crippen LogP contribution >= 0.6 is 23.6 Å². The molecule has 0 saturated carbocycles. The van der Waals surface area contributed by atoms with Gasteiger partial charge in [-0.05, 0) is 30.4 Å². The van der Waals surface area contributed by atoms with Crippen LogP contribution in [0.15, 0.2) is 18.2 Å². The number of rotatable bonds is 3. The van der Waals surface area contributed by atoms with Crippen molar-refractivity contribution in [2.45, 2.75) is 13.8 Å². The summed E-state index contributed by atoms with van der Waals surface area (Å²) in [5.41, 5.74) is 0.858. The van der Waals surface area contributed by atoms with Gasteiger partial charge in [-0.25, -0.2) is 4.98 Å². The second kappa shape index (κ2) is 6.15. The number of carbonyl (C=O) groups excluding carboxylic acids is 1. The van der Waals surface area contributed by atoms with E-state index in [4.69, 9.17) is 17.0 Å². The van der Waals surface area contributed by atoms with E-state index in [2.05, 4.69) is 15.6 Å². The monoisotopic (exact) mass is 309 g/mol. The van der Waals surface area contributed by atoms with Crippen LogP contribution in [0.4, 0.5) is 5.13 Å². The third-order valence-electron chi connectivity index (χ3n) is 2.58. The van der Waals surface area contributed by atoms with E-state index in [1.54, 1.807) is 7.11 Å². The van der Waals surface area contributed by atoms with E-state index in [1.165, 1.54) is 11.3 Å². The Bertz CT molecular complexity index is 652. The third-order valence-corrected chi connectivity index (χ3v) is 3.71. The number of fused-ring (bicyclic) bond motifs is 1. The van der Waals surface area contributed by atoms with Crippen LogP contribution < -0.4 is 15.4 Å². The van der Waals surface area contributed by atoms with Crippen molar-refractivity contribution in [3.05, 3.63) is 18.2 Å². The number of nitrogens with zero attached hydrogens (tertiary/aromatic N) is 1. The lowest BCUT2D eigenvalue weighted by molar-refractivity contribution is -0.122. The number of thiazole rings is 1. The van der Waals surface area contributed by atoms with Crippen LogP contribution in [-0.2, 0) is 4.79 Å². The standard InChI is InChI=1S/C13H15N3O2S2/c1-7(2)11(17)15-12(19)16-13-14-9-5-4-8(18-3)6-10(9)20-13/h4-7H,1-3H3,(H2,14,15,16,17,19). The predicted molar refractivity (Wildman–Crippen MR) is 85.4 cm³/mol. The third kappa shape index (κ3) is 3.43. The number of hydrogen-bond acceptors (Lipinski definition) is 5. The Hall–Kier alpha value is -1.73. The predicted octanol–water partition coefficient (Wildman–Crippen LogP) is 2.77. The molecule has 0 aliphatic heterocycles. The minimum atomic E-state index is -0.120. The molecule has 1 aromatic carbocycles. The average molecular weight is 309 g/mol. The SMILES string of the molecule is COc1ccc2nc(NC(=S)NC(=O)C(C)C)sc2c1. The summed E-state index contributed by atoms with van der Waals surface area (Å²) in [7, 11) is 1.62. The normalized spacial score (nSPS) is 10.6. The van der Waals surface area contributed by atoms with Gasteiger partial charge in [0, 0.05) is 5.92 Å². The summed E-state index contributed by atoms with van der Waals surface area (Å²) in [5, 5.41) is 6.44. The van der Waals surface area contributed by atoms with Gasteiger partial charge in [0.1, 0.15) is 5.75 Å². The van der Waals surface area contributed by atoms with E-state index in [1.807, 2.05) is 32.0 Å². The van der Waals surface area contributed by atoms with Crippen molar-refractivity contribution in [1.82, 2.24) is 10.3 Å². The van der Waals surface area contributed by atoms with Crippen LogP contribution in [0.25, 0.3) is 10.2 Å². The number of nitrogens with one attached hydrogen (secondary N) is 2. The summed E-state index contributed by atoms with van der Waals surface area (Å²) < 4.78 is 6.16. The molecule has 5 nitrogen and oxygen atoms in total. The first kappa shape index (κ1) is 14.7. The van der Waals surface area contributed by atoms with Crippen molar-refractivity contribution in [3.8, 4) is 5.75 Å². The molecule has 2 aromatic rings. The molecule has 0 saturated heterocycles. The summed E-state index contributed by atoms with van der Waals surface area (Å²) >= 11 is 6.53. The lowest BCUT2D eigenvalue weighted by atomic mass is 10.2. The second-order valence-electron chi connectivity index (χ2n) is 4.45. The Morgan fingerprint density at radius 3 is 2.85 bits per heavy atom. The van der Waals surface area contributed by atoms with Crippen molar-refractivity contribution in [1.29, 1.82) is 0 Å². The number of aromatic nitrogens is 1. The van der Waals surface area contributed by atoms with Crippen LogP contribution in [0.1, 0.15) is 13.8 Å². The van der Waals surface area contributed by atoms with Crippen molar-refractivity contribution in [2.24, 2.45) is 5.92 Å². The number of benzene rings is 1. The van der Waals surface area contributed by atoms with Crippen LogP contribution in [-0.4, -0.2) is 23.1 Å². The number of methoxy groups -OCH3 is 1. The molecular formula is C13H15N3O2S2. The van der Waals surface area contributed by atoms with Gasteiger partial charge in [0.15, 0.2) is 10.2 Å². The molecule has 0 aliphatic carbocycles. The number of amides is 1. The zero-order chi connectivity index (χ0) is 14.7. The fourth-order valence-corrected chi connectivity index (χ4v) is 2.63. The van der Waals surface area contributed by atoms with Gasteiger partial charge in [0.2, 0.25) is 5.91 Å². The van der Waals surface area contributed by atoms with Gasteiger partial charge in [-0.15, -0.1) is 0 Å². The summed E-state index contributed by atoms with van der Waals surface area (Å²) in [6.07, 6.45) is 0. The van der Waals surface area contributed by atoms with Gasteiger partial charge < -0.3 is 15.4 Å². The van der Waals surface area contributed by atoms with Gasteiger partial charge in [0.25, 0.3) is 0 Å². The smallest absolute Gasteiger partial charge is 0.228 e. The second-order valence-corrected chi connectivity index (χ2v) is 5.89. The highest BCUT2D eigenvalue weighted by atomic mass is 32.1. The first-order valence-electron chi connectivity index (χ1n) is 6.06. The molecule has 1 heterocycles. The number of hydrogen-bond donors (Lipinski definition) is 2. The van der Waals surface area contributed by atoms with Crippen LogP contribution in [0.5, 0.6) is 5.75 Å². The van der Waals surface area contributed by atoms with Crippen molar-refractivity contribution in [3.63, 3.8) is 0 Å². The maximum Gasteiger partial charge on any atom is 0.228 e. The van der Waals surface area contributed by atoms with Crippen LogP contribution in [0, 0.1) is 5.92 Å². The molecular weight excluding hydrogens is 294 g/mol. The highest BCUT2D eigenvalue weighted by Gasteiger charge is 2.11. The maximum atomic E-state index is 11.5. The molecule has 0 spiro atoms. The van der Waals surface area contributed by atoms with Gasteiger partial charge in [-0.2, -0.15) is 0 Å². The van der Waals surface area contributed by atoms with Crippen LogP contribution in [0.3, 0.4) is 0 Å². The molecule has 0 atom stereocenters. The molecule has 0 radical (unpaired) electrons. The van der Waals surface area contributed by atoms with Crippen molar-refractivity contribution in [2.75, 3.05) is 12.4 Å². The first-order valence-corrected chi connectivity index (χ1v) is 7.28. The topological polar surface area (TPSA) is 63.2 Å². The minimum absolute atomic E-state index is 0.116. The summed E-state index contributed by atoms with van der Waals surface area (Å²) in [5.74, 6) is 0.544. The fraction of sp³-hybridized carbons (Fsp3) is 0.308. The maximum absolute atomic E-state index is 11.5. The molecule has 7 heteroatoms. The zero-order valence-electron chi connectivity index (χ0n) is 11.4. The minimum Gasteiger partial charge on any atom is -0.497 e. The summed E-state index contributed by atoms with van der Waals surface area (Å²) in [6.45, 7) is 3.61. The number of carbonyl (C=O) groups is 1. The van der Waals surface area contributed by atoms with E-state index < -0.39 is 0 Å². The summed E-state index contributed by atoms with van der Waals surface area (Å²) in [4.78, 5) is 15.9. The van der Waals surface area contributed by atoms with Crippen LogP contribution in [0.2, 0.25) is 0 Å². The molecule has 2 N–H and O–H groups in total. The number of ether oxygens (including phenoxy) is 1. The van der Waals surface area contributed by atoms with Gasteiger partial charge >= 0.3 is 0 Å². The lowest BCUT2D eigenvalue weighted by Crippen LogP contribution is -2.36. The molecule has 0 unspecified atom stereocenters. The molecule has 0 fully saturated rings. The molecule has 0 aliphatic rings. The Labute approximate surface area is 126 Å². The Morgan fingerprint density at radius 1 is 1.45 bits per heavy atom. The molecule has 20 heavy (non-hydrogen) atoms. The Balaban J connectivity index is 2.10. The highest BCUT2D eigenvalue weighted by molar-refractivity contribution is 7.80. The molecule has 0 bridgehead atoms. The average Bonchev–Trinajstić information content (AvgIpc) is 2.78. The van der Waals surface area contributed by atoms with E-state index in [0.29, 0.717) is 5.13 Å². The molecule has 1 aromatic heterocycles. The highest BCUT2D eigenvalue weighted by Crippen LogP contribution is 2.28. The van der Waals surface area contributed by atoms with Gasteiger partial charge in [-0.1, -0.05) is 25.2 Å². The van der Waals surface area contributed by atoms with E-state index in [0.717, 1.165) is 16.0 Å². The Kier molecular flexibility index (Phi) is 4.51. The number of thiocarbonyl (C=S) groups is 1. The Morgan fingerprint density at radius 2 is 2.20 bits per heavy atom. The molecule has 1 amide bonds. The van der Waals surface area contributed by atoms with E-state index >= 15 is 0 Å². The quantitative estimate of drug-likeness (QED) is 0.854. The molecule has 2 rings (SSSR count). The van der Waals surface area contributed by atoms with Gasteiger partial charge in [-0.3, -0.25) is 4.79 Å². The largest absolute Gasteiger partial charge is 0.497 e. The first-order chi connectivity index (χ1) is 9.49. The van der Waals surface area contributed by atoms with E-state index in [9.17, 15) is 4.79 Å². The number of anilines is 1. The van der Waals surface area contributed by atoms with E-state index in [-0.39, 0.29) is 16.9 Å². The fourth-order valence-electron chi connectivity index (χ4n) is 1.47. The van der Waals surface area contributed by atoms with Gasteiger partial charge in [0.05, 0.1) is 17.3 Å². The summed E-state index contributed by atoms with van der Waals surface area (Å²) in [6, 6.07) is 5.64. The van der Waals surface area contributed by atoms with Crippen molar-refractivity contribution < 1.29 is 9.53 Å². The lowest BCUT2D eigenvalue weighted by Gasteiger charge is -2.08. The molecule has 106 valence electrons. The zero-order valence-corrected chi connectivity index (χ0v) is 13.0.